The summed E-state index contributed by atoms with van der Waals surface area (Å²) in [7, 11) is 1.65. The molecule has 1 heterocycles. The molecule has 0 atom stereocenters. The highest BCUT2D eigenvalue weighted by atomic mass is 32.2. The average molecular weight is 389 g/mol. The molecule has 0 saturated heterocycles. The second kappa shape index (κ2) is 8.65. The number of anilines is 1. The van der Waals surface area contributed by atoms with Crippen molar-refractivity contribution in [2.45, 2.75) is 51.7 Å². The van der Waals surface area contributed by atoms with E-state index in [1.807, 2.05) is 65.1 Å². The topological polar surface area (TPSA) is 51.7 Å². The zero-order valence-electron chi connectivity index (χ0n) is 17.1. The van der Waals surface area contributed by atoms with Crippen molar-refractivity contribution in [1.29, 1.82) is 0 Å². The predicted octanol–water partition coefficient (Wildman–Crippen LogP) is 5.37. The molecule has 0 aliphatic rings. The summed E-state index contributed by atoms with van der Waals surface area (Å²) in [6.45, 7) is 9.80. The lowest BCUT2D eigenvalue weighted by molar-refractivity contribution is 0.0577. The molecule has 0 aliphatic carbocycles. The van der Waals surface area contributed by atoms with Crippen molar-refractivity contribution in [3.8, 4) is 5.75 Å². The highest BCUT2D eigenvalue weighted by molar-refractivity contribution is 7.98. The van der Waals surface area contributed by atoms with Crippen molar-refractivity contribution in [3.63, 3.8) is 0 Å². The summed E-state index contributed by atoms with van der Waals surface area (Å²) in [5.41, 5.74) is 2.86. The van der Waals surface area contributed by atoms with Crippen LogP contribution in [0.2, 0.25) is 0 Å². The van der Waals surface area contributed by atoms with Crippen molar-refractivity contribution in [2.24, 2.45) is 0 Å². The smallest absolute Gasteiger partial charge is 0.415 e. The van der Waals surface area contributed by atoms with Crippen LogP contribution in [0, 0.1) is 13.8 Å². The molecule has 0 spiro atoms. The van der Waals surface area contributed by atoms with E-state index in [2.05, 4.69) is 4.98 Å². The molecule has 0 N–H and O–H groups in total. The first kappa shape index (κ1) is 21.1. The van der Waals surface area contributed by atoms with Crippen LogP contribution in [0.3, 0.4) is 0 Å². The lowest BCUT2D eigenvalue weighted by Gasteiger charge is -2.28. The molecule has 2 rings (SSSR count). The van der Waals surface area contributed by atoms with Gasteiger partial charge in [0.15, 0.2) is 0 Å². The number of rotatable bonds is 5. The lowest BCUT2D eigenvalue weighted by Crippen LogP contribution is -2.37. The van der Waals surface area contributed by atoms with Gasteiger partial charge in [-0.3, -0.25) is 9.88 Å². The maximum atomic E-state index is 12.9. The number of hydrogen-bond acceptors (Lipinski definition) is 5. The minimum Gasteiger partial charge on any atom is -0.496 e. The van der Waals surface area contributed by atoms with Crippen molar-refractivity contribution < 1.29 is 14.3 Å². The fourth-order valence-corrected chi connectivity index (χ4v) is 3.19. The fourth-order valence-electron chi connectivity index (χ4n) is 2.74. The minimum absolute atomic E-state index is 0.301. The third kappa shape index (κ3) is 5.39. The van der Waals surface area contributed by atoms with Crippen LogP contribution in [0.1, 0.15) is 37.6 Å². The number of aryl methyl sites for hydroxylation is 1. The summed E-state index contributed by atoms with van der Waals surface area (Å²) in [4.78, 5) is 20.2. The fraction of sp³-hybridized carbons (Fsp3) is 0.429. The molecular formula is C21H28N2O3S. The normalized spacial score (nSPS) is 11.2. The van der Waals surface area contributed by atoms with Gasteiger partial charge in [-0.2, -0.15) is 0 Å². The van der Waals surface area contributed by atoms with Crippen LogP contribution >= 0.6 is 11.8 Å². The van der Waals surface area contributed by atoms with Crippen LogP contribution in [0.4, 0.5) is 10.5 Å². The first-order chi connectivity index (χ1) is 12.7. The Morgan fingerprint density at radius 3 is 2.56 bits per heavy atom. The number of benzene rings is 1. The van der Waals surface area contributed by atoms with Gasteiger partial charge in [-0.1, -0.05) is 6.07 Å². The van der Waals surface area contributed by atoms with Gasteiger partial charge in [-0.25, -0.2) is 4.79 Å². The average Bonchev–Trinajstić information content (AvgIpc) is 2.60. The SMILES string of the molecule is COc1c(C)cnc(CN(C(=O)OC(C)(C)C)c2cccc(SC)c2)c1C. The van der Waals surface area contributed by atoms with Gasteiger partial charge in [-0.05, 0) is 59.1 Å². The molecule has 0 bridgehead atoms. The molecule has 2 aromatic rings. The molecule has 6 heteroatoms. The van der Waals surface area contributed by atoms with Crippen LogP contribution < -0.4 is 9.64 Å². The van der Waals surface area contributed by atoms with E-state index < -0.39 is 11.7 Å². The molecule has 0 radical (unpaired) electrons. The Labute approximate surface area is 166 Å². The molecule has 0 unspecified atom stereocenters. The van der Waals surface area contributed by atoms with Crippen LogP contribution in [-0.4, -0.2) is 30.0 Å². The minimum atomic E-state index is -0.583. The van der Waals surface area contributed by atoms with Gasteiger partial charge in [0.25, 0.3) is 0 Å². The van der Waals surface area contributed by atoms with Crippen LogP contribution in [0.5, 0.6) is 5.75 Å². The summed E-state index contributed by atoms with van der Waals surface area (Å²) in [5, 5.41) is 0. The highest BCUT2D eigenvalue weighted by Crippen LogP contribution is 2.29. The van der Waals surface area contributed by atoms with Crippen molar-refractivity contribution in [2.75, 3.05) is 18.3 Å². The van der Waals surface area contributed by atoms with E-state index in [-0.39, 0.29) is 0 Å². The van der Waals surface area contributed by atoms with Crippen molar-refractivity contribution in [3.05, 3.63) is 47.3 Å². The molecule has 0 fully saturated rings. The van der Waals surface area contributed by atoms with E-state index in [9.17, 15) is 4.79 Å². The number of ether oxygens (including phenoxy) is 2. The Balaban J connectivity index is 2.45. The lowest BCUT2D eigenvalue weighted by atomic mass is 10.1. The van der Waals surface area contributed by atoms with Gasteiger partial charge >= 0.3 is 6.09 Å². The van der Waals surface area contributed by atoms with Gasteiger partial charge in [0.2, 0.25) is 0 Å². The zero-order chi connectivity index (χ0) is 20.2. The number of amides is 1. The number of aromatic nitrogens is 1. The first-order valence-electron chi connectivity index (χ1n) is 8.80. The Morgan fingerprint density at radius 2 is 1.96 bits per heavy atom. The molecule has 146 valence electrons. The predicted molar refractivity (Wildman–Crippen MR) is 111 cm³/mol. The third-order valence-corrected chi connectivity index (χ3v) is 4.76. The van der Waals surface area contributed by atoms with Crippen molar-refractivity contribution >= 4 is 23.5 Å². The number of methoxy groups -OCH3 is 1. The van der Waals surface area contributed by atoms with E-state index in [4.69, 9.17) is 9.47 Å². The Hall–Kier alpha value is -2.21. The maximum absolute atomic E-state index is 12.9. The third-order valence-electron chi connectivity index (χ3n) is 4.04. The number of thioether (sulfide) groups is 1. The monoisotopic (exact) mass is 388 g/mol. The summed E-state index contributed by atoms with van der Waals surface area (Å²) >= 11 is 1.63. The van der Waals surface area contributed by atoms with E-state index in [0.29, 0.717) is 6.54 Å². The van der Waals surface area contributed by atoms with E-state index in [1.165, 1.54) is 0 Å². The molecule has 0 aliphatic heterocycles. The largest absolute Gasteiger partial charge is 0.496 e. The number of pyridine rings is 1. The van der Waals surface area contributed by atoms with E-state index in [0.717, 1.165) is 33.2 Å². The van der Waals surface area contributed by atoms with Gasteiger partial charge in [0.1, 0.15) is 11.4 Å². The van der Waals surface area contributed by atoms with Crippen LogP contribution in [-0.2, 0) is 11.3 Å². The van der Waals surface area contributed by atoms with Gasteiger partial charge < -0.3 is 9.47 Å². The molecule has 0 saturated carbocycles. The quantitative estimate of drug-likeness (QED) is 0.645. The summed E-state index contributed by atoms with van der Waals surface area (Å²) in [5.74, 6) is 0.794. The van der Waals surface area contributed by atoms with Crippen LogP contribution in [0.25, 0.3) is 0 Å². The highest BCUT2D eigenvalue weighted by Gasteiger charge is 2.25. The first-order valence-corrected chi connectivity index (χ1v) is 10.0. The number of carbonyl (C=O) groups is 1. The summed E-state index contributed by atoms with van der Waals surface area (Å²) < 4.78 is 11.1. The van der Waals surface area contributed by atoms with Gasteiger partial charge in [0, 0.05) is 27.9 Å². The molecular weight excluding hydrogens is 360 g/mol. The molecule has 1 amide bonds. The molecule has 27 heavy (non-hydrogen) atoms. The Kier molecular flexibility index (Phi) is 6.76. The molecule has 1 aromatic carbocycles. The molecule has 5 nitrogen and oxygen atoms in total. The van der Waals surface area contributed by atoms with E-state index >= 15 is 0 Å². The summed E-state index contributed by atoms with van der Waals surface area (Å²) in [6, 6.07) is 7.84. The van der Waals surface area contributed by atoms with Crippen molar-refractivity contribution in [1.82, 2.24) is 4.98 Å². The Bertz CT molecular complexity index is 816. The van der Waals surface area contributed by atoms with Crippen LogP contribution in [0.15, 0.2) is 35.4 Å². The summed E-state index contributed by atoms with van der Waals surface area (Å²) in [6.07, 6.45) is 3.38. The number of nitrogens with zero attached hydrogens (tertiary/aromatic N) is 2. The Morgan fingerprint density at radius 1 is 1.26 bits per heavy atom. The number of carbonyl (C=O) groups excluding carboxylic acids is 1. The second-order valence-corrected chi connectivity index (χ2v) is 8.19. The molecule has 1 aromatic heterocycles. The maximum Gasteiger partial charge on any atom is 0.415 e. The van der Waals surface area contributed by atoms with Gasteiger partial charge in [-0.15, -0.1) is 11.8 Å². The number of hydrogen-bond donors (Lipinski definition) is 0. The zero-order valence-corrected chi connectivity index (χ0v) is 17.9. The van der Waals surface area contributed by atoms with Gasteiger partial charge in [0.05, 0.1) is 19.3 Å². The van der Waals surface area contributed by atoms with E-state index in [1.54, 1.807) is 30.0 Å². The standard InChI is InChI=1S/C21H28N2O3S/c1-14-12-22-18(15(2)19(14)25-6)13-23(20(24)26-21(3,4)5)16-9-8-10-17(11-16)27-7/h8-12H,13H2,1-7H3. The second-order valence-electron chi connectivity index (χ2n) is 7.31.